The Morgan fingerprint density at radius 1 is 1.14 bits per heavy atom. The normalized spacial score (nSPS) is 24.7. The molecule has 0 spiro atoms. The van der Waals surface area contributed by atoms with Crippen LogP contribution in [0.15, 0.2) is 42.6 Å². The molecule has 4 rings (SSSR count). The van der Waals surface area contributed by atoms with Crippen LogP contribution in [-0.4, -0.2) is 27.3 Å². The average molecular weight is 400 g/mol. The number of benzene rings is 1. The Morgan fingerprint density at radius 3 is 2.64 bits per heavy atom. The third kappa shape index (κ3) is 3.81. The Labute approximate surface area is 170 Å². The van der Waals surface area contributed by atoms with Gasteiger partial charge in [-0.3, -0.25) is 9.59 Å². The van der Waals surface area contributed by atoms with Crippen molar-refractivity contribution >= 4 is 23.4 Å². The molecule has 28 heavy (non-hydrogen) atoms. The van der Waals surface area contributed by atoms with E-state index in [1.54, 1.807) is 4.90 Å². The van der Waals surface area contributed by atoms with Gasteiger partial charge in [0.15, 0.2) is 6.04 Å². The molecule has 1 aromatic heterocycles. The Balaban J connectivity index is 1.59. The minimum absolute atomic E-state index is 0.0685. The summed E-state index contributed by atoms with van der Waals surface area (Å²) in [5.41, 5.74) is 1.70. The summed E-state index contributed by atoms with van der Waals surface area (Å²) in [7, 11) is 0. The number of amides is 2. The first-order chi connectivity index (χ1) is 13.5. The molecule has 2 aliphatic rings. The molecule has 0 bridgehead atoms. The van der Waals surface area contributed by atoms with Crippen LogP contribution in [-0.2, 0) is 22.7 Å². The molecule has 1 fully saturated rings. The van der Waals surface area contributed by atoms with Gasteiger partial charge in [0, 0.05) is 23.8 Å². The zero-order valence-corrected chi connectivity index (χ0v) is 16.9. The Kier molecular flexibility index (Phi) is 5.44. The first-order valence-electron chi connectivity index (χ1n) is 10.0. The highest BCUT2D eigenvalue weighted by Crippen LogP contribution is 2.31. The summed E-state index contributed by atoms with van der Waals surface area (Å²) in [6, 6.07) is 10.9. The van der Waals surface area contributed by atoms with Crippen LogP contribution in [0.5, 0.6) is 0 Å². The number of nitrogens with zero attached hydrogens (tertiary/aromatic N) is 2. The highest BCUT2D eigenvalue weighted by Gasteiger charge is 2.38. The molecule has 2 amide bonds. The smallest absolute Gasteiger partial charge is 0.249 e. The van der Waals surface area contributed by atoms with Gasteiger partial charge in [0.05, 0.1) is 5.69 Å². The highest BCUT2D eigenvalue weighted by atomic mass is 35.5. The van der Waals surface area contributed by atoms with Gasteiger partial charge >= 0.3 is 0 Å². The van der Waals surface area contributed by atoms with Gasteiger partial charge in [0.2, 0.25) is 11.8 Å². The summed E-state index contributed by atoms with van der Waals surface area (Å²) in [5, 5.41) is 3.82. The van der Waals surface area contributed by atoms with Crippen LogP contribution in [0.2, 0.25) is 5.02 Å². The molecule has 0 saturated heterocycles. The van der Waals surface area contributed by atoms with Gasteiger partial charge in [-0.1, -0.05) is 36.7 Å². The Morgan fingerprint density at radius 2 is 1.89 bits per heavy atom. The lowest BCUT2D eigenvalue weighted by atomic mass is 9.87. The second-order valence-electron chi connectivity index (χ2n) is 8.04. The van der Waals surface area contributed by atoms with Crippen LogP contribution < -0.4 is 5.32 Å². The van der Waals surface area contributed by atoms with Crippen LogP contribution in [0.25, 0.3) is 0 Å². The first-order valence-corrected chi connectivity index (χ1v) is 10.4. The topological polar surface area (TPSA) is 54.3 Å². The van der Waals surface area contributed by atoms with Crippen molar-refractivity contribution in [3.63, 3.8) is 0 Å². The number of fused-ring (bicyclic) bond motifs is 1. The van der Waals surface area contributed by atoms with E-state index in [0.29, 0.717) is 11.6 Å². The van der Waals surface area contributed by atoms with Crippen LogP contribution in [0.1, 0.15) is 49.9 Å². The van der Waals surface area contributed by atoms with E-state index in [1.807, 2.05) is 47.2 Å². The minimum atomic E-state index is -0.633. The maximum atomic E-state index is 13.3. The predicted molar refractivity (Wildman–Crippen MR) is 109 cm³/mol. The molecule has 0 radical (unpaired) electrons. The van der Waals surface area contributed by atoms with E-state index < -0.39 is 6.04 Å². The summed E-state index contributed by atoms with van der Waals surface area (Å²) in [4.78, 5) is 27.9. The lowest BCUT2D eigenvalue weighted by Gasteiger charge is -2.37. The van der Waals surface area contributed by atoms with E-state index in [2.05, 4.69) is 12.2 Å². The van der Waals surface area contributed by atoms with Crippen molar-refractivity contribution in [3.05, 3.63) is 58.9 Å². The third-order valence-corrected chi connectivity index (χ3v) is 6.36. The molecule has 2 heterocycles. The van der Waals surface area contributed by atoms with Crippen molar-refractivity contribution in [3.8, 4) is 0 Å². The van der Waals surface area contributed by atoms with Gasteiger partial charge in [-0.25, -0.2) is 0 Å². The standard InChI is InChI=1S/C22H26ClN3O2/c1-15-8-10-17(11-9-15)24-22(28)21-19-7-4-12-25(19)14-20(27)26(21)13-16-5-2-3-6-18(16)23/h2-7,12,15,17,21H,8-11,13-14H2,1H3,(H,24,28). The van der Waals surface area contributed by atoms with E-state index in [9.17, 15) is 9.59 Å². The number of carbonyl (C=O) groups is 2. The molecule has 6 heteroatoms. The molecule has 1 aliphatic heterocycles. The molecule has 5 nitrogen and oxygen atoms in total. The monoisotopic (exact) mass is 399 g/mol. The van der Waals surface area contributed by atoms with Crippen molar-refractivity contribution in [1.82, 2.24) is 14.8 Å². The molecule has 1 N–H and O–H groups in total. The second-order valence-corrected chi connectivity index (χ2v) is 8.45. The fourth-order valence-corrected chi connectivity index (χ4v) is 4.51. The number of hydrogen-bond donors (Lipinski definition) is 1. The molecular formula is C22H26ClN3O2. The fraction of sp³-hybridized carbons (Fsp3) is 0.455. The zero-order valence-electron chi connectivity index (χ0n) is 16.1. The third-order valence-electron chi connectivity index (χ3n) is 5.99. The number of nitrogens with one attached hydrogen (secondary N) is 1. The molecule has 1 atom stereocenters. The minimum Gasteiger partial charge on any atom is -0.351 e. The number of carbonyl (C=O) groups excluding carboxylic acids is 2. The Hall–Kier alpha value is -2.27. The molecule has 1 saturated carbocycles. The van der Waals surface area contributed by atoms with Gasteiger partial charge in [-0.05, 0) is 55.4 Å². The van der Waals surface area contributed by atoms with E-state index in [4.69, 9.17) is 11.6 Å². The number of rotatable bonds is 4. The second kappa shape index (κ2) is 8.00. The average Bonchev–Trinajstić information content (AvgIpc) is 3.13. The molecule has 1 aromatic carbocycles. The maximum absolute atomic E-state index is 13.3. The van der Waals surface area contributed by atoms with Crippen LogP contribution in [0.3, 0.4) is 0 Å². The van der Waals surface area contributed by atoms with Crippen molar-refractivity contribution < 1.29 is 9.59 Å². The zero-order chi connectivity index (χ0) is 19.7. The lowest BCUT2D eigenvalue weighted by Crippen LogP contribution is -2.50. The molecule has 1 unspecified atom stereocenters. The van der Waals surface area contributed by atoms with Crippen molar-refractivity contribution in [1.29, 1.82) is 0 Å². The maximum Gasteiger partial charge on any atom is 0.249 e. The van der Waals surface area contributed by atoms with Crippen molar-refractivity contribution in [2.24, 2.45) is 5.92 Å². The lowest BCUT2D eigenvalue weighted by molar-refractivity contribution is -0.144. The summed E-state index contributed by atoms with van der Waals surface area (Å²) >= 11 is 6.32. The summed E-state index contributed by atoms with van der Waals surface area (Å²) < 4.78 is 1.87. The van der Waals surface area contributed by atoms with Crippen LogP contribution in [0, 0.1) is 5.92 Å². The van der Waals surface area contributed by atoms with Gasteiger partial charge in [0.25, 0.3) is 0 Å². The van der Waals surface area contributed by atoms with E-state index in [1.165, 1.54) is 0 Å². The summed E-state index contributed by atoms with van der Waals surface area (Å²) in [5.74, 6) is 0.555. The quantitative estimate of drug-likeness (QED) is 0.847. The molecular weight excluding hydrogens is 374 g/mol. The van der Waals surface area contributed by atoms with Crippen molar-refractivity contribution in [2.75, 3.05) is 0 Å². The molecule has 148 valence electrons. The highest BCUT2D eigenvalue weighted by molar-refractivity contribution is 6.31. The largest absolute Gasteiger partial charge is 0.351 e. The fourth-order valence-electron chi connectivity index (χ4n) is 4.31. The number of halogens is 1. The number of hydrogen-bond acceptors (Lipinski definition) is 2. The molecule has 2 aromatic rings. The van der Waals surface area contributed by atoms with E-state index >= 15 is 0 Å². The number of aromatic nitrogens is 1. The van der Waals surface area contributed by atoms with Crippen molar-refractivity contribution in [2.45, 2.75) is 57.8 Å². The van der Waals surface area contributed by atoms with E-state index in [0.717, 1.165) is 42.9 Å². The first kappa shape index (κ1) is 19.1. The van der Waals surface area contributed by atoms with Gasteiger partial charge < -0.3 is 14.8 Å². The van der Waals surface area contributed by atoms with Gasteiger partial charge in [-0.2, -0.15) is 0 Å². The van der Waals surface area contributed by atoms with Crippen LogP contribution in [0.4, 0.5) is 0 Å². The van der Waals surface area contributed by atoms with Gasteiger partial charge in [0.1, 0.15) is 6.54 Å². The SMILES string of the molecule is CC1CCC(NC(=O)C2c3cccn3CC(=O)N2Cc2ccccc2Cl)CC1. The Bertz CT molecular complexity index is 870. The summed E-state index contributed by atoms with van der Waals surface area (Å²) in [6.45, 7) is 2.83. The molecule has 1 aliphatic carbocycles. The summed E-state index contributed by atoms with van der Waals surface area (Å²) in [6.07, 6.45) is 6.13. The van der Waals surface area contributed by atoms with E-state index in [-0.39, 0.29) is 24.4 Å². The van der Waals surface area contributed by atoms with Gasteiger partial charge in [-0.15, -0.1) is 0 Å². The predicted octanol–water partition coefficient (Wildman–Crippen LogP) is 3.92. The van der Waals surface area contributed by atoms with Crippen LogP contribution >= 0.6 is 11.6 Å².